The van der Waals surface area contributed by atoms with Crippen molar-refractivity contribution in [2.24, 2.45) is 59.2 Å². The SMILES string of the molecule is CCCC1CCC(CCc2ccc(-c3ccc(CC)cc3F)cc2)CC1.CCCC1CCC(c2ccc(C3CCC(C4CCC(CC)CC4)CC3)c(F)c2F)CC1.CCCCCC1CCC(c2ccc(-c3ccc(C4CCC(CCC)CC4)cc3)c(F)c2)CC1.CCCCCC1CCC(c2ccc(C3CCC(CCCCC)CC3)c(C)c2)CC1. The Morgan fingerprint density at radius 3 is 0.958 bits per heavy atom. The van der Waals surface area contributed by atoms with Gasteiger partial charge in [0.2, 0.25) is 0 Å². The van der Waals surface area contributed by atoms with Crippen LogP contribution in [0.25, 0.3) is 22.3 Å². The van der Waals surface area contributed by atoms with E-state index < -0.39 is 11.6 Å². The maximum Gasteiger partial charge on any atom is 0.162 e. The van der Waals surface area contributed by atoms with Gasteiger partial charge in [-0.25, -0.2) is 17.6 Å². The van der Waals surface area contributed by atoms with Crippen molar-refractivity contribution >= 4 is 0 Å². The molecule has 0 unspecified atom stereocenters. The predicted octanol–water partition coefficient (Wildman–Crippen LogP) is 37.2. The summed E-state index contributed by atoms with van der Waals surface area (Å²) in [5.41, 5.74) is 14.8. The van der Waals surface area contributed by atoms with Gasteiger partial charge in [-0.3, -0.25) is 0 Å². The molecule has 0 amide bonds. The first-order valence-corrected chi connectivity index (χ1v) is 51.5. The molecule has 0 radical (unpaired) electrons. The normalized spacial score (nSPS) is 27.4. The molecule has 0 N–H and O–H groups in total. The van der Waals surface area contributed by atoms with E-state index in [0.717, 1.165) is 132 Å². The van der Waals surface area contributed by atoms with Crippen molar-refractivity contribution in [1.82, 2.24) is 0 Å². The average Bonchev–Trinajstić information content (AvgIpc) is 0.774. The molecule has 0 nitrogen and oxygen atoms in total. The molecule has 0 atom stereocenters. The van der Waals surface area contributed by atoms with Crippen molar-refractivity contribution in [1.29, 1.82) is 0 Å². The second-order valence-corrected chi connectivity index (χ2v) is 40.9. The topological polar surface area (TPSA) is 0 Å². The first-order valence-electron chi connectivity index (χ1n) is 51.5. The summed E-state index contributed by atoms with van der Waals surface area (Å²) in [6.45, 7) is 20.5. The minimum atomic E-state index is -0.531. The van der Waals surface area contributed by atoms with Gasteiger partial charge in [-0.1, -0.05) is 319 Å². The molecular formula is C115H170F4. The van der Waals surface area contributed by atoms with Crippen LogP contribution in [-0.4, -0.2) is 0 Å². The van der Waals surface area contributed by atoms with Gasteiger partial charge in [0.25, 0.3) is 0 Å². The van der Waals surface area contributed by atoms with Crippen LogP contribution in [0.2, 0.25) is 0 Å². The van der Waals surface area contributed by atoms with Crippen LogP contribution in [0.15, 0.2) is 115 Å². The lowest BCUT2D eigenvalue weighted by Gasteiger charge is -2.38. The zero-order valence-corrected chi connectivity index (χ0v) is 77.4. The zero-order valence-electron chi connectivity index (χ0n) is 77.4. The second-order valence-electron chi connectivity index (χ2n) is 40.9. The smallest absolute Gasteiger partial charge is 0.162 e. The summed E-state index contributed by atoms with van der Waals surface area (Å²) < 4.78 is 59.7. The van der Waals surface area contributed by atoms with Crippen molar-refractivity contribution in [3.8, 4) is 22.3 Å². The highest BCUT2D eigenvalue weighted by Gasteiger charge is 2.35. The zero-order chi connectivity index (χ0) is 83.7. The van der Waals surface area contributed by atoms with E-state index in [0.29, 0.717) is 28.5 Å². The van der Waals surface area contributed by atoms with Crippen molar-refractivity contribution in [2.45, 2.75) is 445 Å². The van der Waals surface area contributed by atoms with Gasteiger partial charge in [0.15, 0.2) is 11.6 Å². The third-order valence-electron chi connectivity index (χ3n) is 32.8. The van der Waals surface area contributed by atoms with E-state index in [1.54, 1.807) is 22.8 Å². The van der Waals surface area contributed by atoms with E-state index in [2.05, 4.69) is 135 Å². The Labute approximate surface area is 727 Å². The molecule has 6 aromatic rings. The molecule has 658 valence electrons. The third kappa shape index (κ3) is 28.8. The van der Waals surface area contributed by atoms with Crippen LogP contribution < -0.4 is 0 Å². The average molecular weight is 1630 g/mol. The van der Waals surface area contributed by atoms with E-state index in [9.17, 15) is 4.39 Å². The Bertz CT molecular complexity index is 3760. The number of hydrogen-bond acceptors (Lipinski definition) is 0. The van der Waals surface area contributed by atoms with E-state index in [1.807, 2.05) is 36.4 Å². The molecule has 6 aromatic carbocycles. The van der Waals surface area contributed by atoms with Crippen molar-refractivity contribution in [2.75, 3.05) is 0 Å². The molecule has 0 bridgehead atoms. The number of unbranched alkanes of at least 4 members (excludes halogenated alkanes) is 6. The van der Waals surface area contributed by atoms with Crippen LogP contribution in [-0.2, 0) is 12.8 Å². The van der Waals surface area contributed by atoms with E-state index >= 15 is 13.2 Å². The van der Waals surface area contributed by atoms with Gasteiger partial charge in [0.1, 0.15) is 11.6 Å². The predicted molar refractivity (Wildman–Crippen MR) is 505 cm³/mol. The highest BCUT2D eigenvalue weighted by atomic mass is 19.2. The number of hydrogen-bond donors (Lipinski definition) is 0. The molecule has 0 aliphatic heterocycles. The second kappa shape index (κ2) is 50.9. The largest absolute Gasteiger partial charge is 0.206 e. The molecule has 0 saturated heterocycles. The molecular weight excluding hydrogens is 1460 g/mol. The molecule has 0 spiro atoms. The van der Waals surface area contributed by atoms with E-state index in [4.69, 9.17) is 0 Å². The molecule has 8 fully saturated rings. The fourth-order valence-corrected chi connectivity index (χ4v) is 24.7. The number of aryl methyl sites for hydroxylation is 3. The maximum absolute atomic E-state index is 15.2. The monoisotopic (exact) mass is 1630 g/mol. The van der Waals surface area contributed by atoms with Gasteiger partial charge < -0.3 is 0 Å². The molecule has 8 aliphatic rings. The standard InChI is InChI=1S/C32H45F.C29H44F2.C29H48.C25H33F/c1-3-5-6-8-25-11-15-28(16-12-25)30-21-22-31(32(33)23-30)29-19-17-27(18-20-29)26-13-9-24(7-4-2)10-14-26;1-3-5-21-8-12-24(13-9-21)26-18-19-27(29(31)28(26)30)25-16-14-23(15-17-25)22-10-6-20(4-2)7-11-22;1-4-6-8-10-24-12-16-26(17-13-24)28-20-21-29(23(3)22-28)27-18-14-25(15-19-27)11-9-7-5-2;1-3-5-20-6-8-21(9-7-20)10-11-22-12-15-23(16-13-22)24-17-14-19(4-2)18-25(24)26/h17-26,28H,3-16H2,1-2H3;18-25H,3-17H2,1-2H3;20-22,24-27H,4-19H2,1-3H3;12-18,20-21H,3-11H2,1-2H3. The number of halogens is 4. The molecule has 119 heavy (non-hydrogen) atoms. The van der Waals surface area contributed by atoms with Crippen LogP contribution in [0.5, 0.6) is 0 Å². The summed E-state index contributed by atoms with van der Waals surface area (Å²) in [5, 5.41) is 0. The van der Waals surface area contributed by atoms with Gasteiger partial charge >= 0.3 is 0 Å². The van der Waals surface area contributed by atoms with Crippen LogP contribution in [0.3, 0.4) is 0 Å². The highest BCUT2D eigenvalue weighted by molar-refractivity contribution is 5.66. The Kier molecular flexibility index (Phi) is 40.5. The lowest BCUT2D eigenvalue weighted by Crippen LogP contribution is -2.25. The van der Waals surface area contributed by atoms with Gasteiger partial charge in [0.05, 0.1) is 0 Å². The lowest BCUT2D eigenvalue weighted by atomic mass is 9.68. The van der Waals surface area contributed by atoms with E-state index in [-0.39, 0.29) is 23.5 Å². The number of rotatable bonds is 32. The van der Waals surface area contributed by atoms with Gasteiger partial charge in [-0.15, -0.1) is 0 Å². The summed E-state index contributed by atoms with van der Waals surface area (Å²) >= 11 is 0. The van der Waals surface area contributed by atoms with Crippen molar-refractivity contribution in [3.05, 3.63) is 189 Å². The van der Waals surface area contributed by atoms with Gasteiger partial charge in [0, 0.05) is 11.1 Å². The maximum atomic E-state index is 15.2. The summed E-state index contributed by atoms with van der Waals surface area (Å²) in [5.74, 6) is 11.3. The Morgan fingerprint density at radius 2 is 0.563 bits per heavy atom. The first kappa shape index (κ1) is 94.7. The van der Waals surface area contributed by atoms with E-state index in [1.165, 1.54) is 325 Å². The quantitative estimate of drug-likeness (QED) is 0.0292. The van der Waals surface area contributed by atoms with Crippen molar-refractivity contribution in [3.63, 3.8) is 0 Å². The van der Waals surface area contributed by atoms with Crippen LogP contribution >= 0.6 is 0 Å². The molecule has 8 aliphatic carbocycles. The Balaban J connectivity index is 0.000000156. The lowest BCUT2D eigenvalue weighted by molar-refractivity contribution is 0.158. The minimum Gasteiger partial charge on any atom is -0.206 e. The van der Waals surface area contributed by atoms with Crippen LogP contribution in [0.4, 0.5) is 17.6 Å². The van der Waals surface area contributed by atoms with Crippen LogP contribution in [0, 0.1) is 89.4 Å². The van der Waals surface area contributed by atoms with Crippen LogP contribution in [0.1, 0.15) is 475 Å². The Hall–Kier alpha value is -4.96. The minimum absolute atomic E-state index is 0.0506. The molecule has 14 rings (SSSR count). The first-order chi connectivity index (χ1) is 58.2. The molecule has 0 heterocycles. The number of benzene rings is 6. The summed E-state index contributed by atoms with van der Waals surface area (Å²) in [7, 11) is 0. The van der Waals surface area contributed by atoms with Crippen molar-refractivity contribution < 1.29 is 17.6 Å². The fraction of sp³-hybridized carbons (Fsp3) is 0.687. The summed E-state index contributed by atoms with van der Waals surface area (Å²) in [4.78, 5) is 0. The van der Waals surface area contributed by atoms with Gasteiger partial charge in [-0.05, 0) is 361 Å². The highest BCUT2D eigenvalue weighted by Crippen LogP contribution is 2.49. The summed E-state index contributed by atoms with van der Waals surface area (Å²) in [6.07, 6.45) is 71.8. The Morgan fingerprint density at radius 1 is 0.252 bits per heavy atom. The van der Waals surface area contributed by atoms with Gasteiger partial charge in [-0.2, -0.15) is 0 Å². The molecule has 4 heteroatoms. The molecule has 8 saturated carbocycles. The fourth-order valence-electron chi connectivity index (χ4n) is 24.7. The molecule has 0 aromatic heterocycles. The summed E-state index contributed by atoms with van der Waals surface area (Å²) in [6, 6.07) is 40.5. The third-order valence-corrected chi connectivity index (χ3v) is 32.8.